The van der Waals surface area contributed by atoms with E-state index in [1.165, 1.54) is 0 Å². The molecule has 0 amide bonds. The van der Waals surface area contributed by atoms with Gasteiger partial charge in [-0.05, 0) is 33.6 Å². The molecule has 0 spiro atoms. The van der Waals surface area contributed by atoms with Crippen LogP contribution in [0.5, 0.6) is 0 Å². The third-order valence-corrected chi connectivity index (χ3v) is 3.65. The van der Waals surface area contributed by atoms with Gasteiger partial charge in [0.1, 0.15) is 0 Å². The van der Waals surface area contributed by atoms with Crippen molar-refractivity contribution in [2.24, 2.45) is 11.8 Å². The van der Waals surface area contributed by atoms with Crippen LogP contribution in [-0.4, -0.2) is 31.1 Å². The average Bonchev–Trinajstić information content (AvgIpc) is 2.82. The highest BCUT2D eigenvalue weighted by Crippen LogP contribution is 2.42. The molecule has 0 aromatic carbocycles. The Morgan fingerprint density at radius 1 is 1.50 bits per heavy atom. The van der Waals surface area contributed by atoms with Gasteiger partial charge in [0, 0.05) is 5.92 Å². The largest absolute Gasteiger partial charge is 0.466 e. The van der Waals surface area contributed by atoms with Crippen LogP contribution in [0.1, 0.15) is 33.6 Å². The van der Waals surface area contributed by atoms with E-state index in [0.717, 1.165) is 12.0 Å². The number of hydrogen-bond donors (Lipinski definition) is 0. The summed E-state index contributed by atoms with van der Waals surface area (Å²) in [5, 5.41) is 0. The van der Waals surface area contributed by atoms with Crippen molar-refractivity contribution in [3.63, 3.8) is 0 Å². The summed E-state index contributed by atoms with van der Waals surface area (Å²) in [6.45, 7) is 10.6. The molecule has 0 bridgehead atoms. The zero-order valence-electron chi connectivity index (χ0n) is 11.4. The standard InChI is InChI=1S/C14H22O4/c1-5-16-13(15)11-7-9(2)6-10(11)12-8-17-14(3,4)18-12/h10-12H,2,5-8H2,1,3-4H3/t10-,11+,12-/m0/s1. The van der Waals surface area contributed by atoms with E-state index >= 15 is 0 Å². The molecule has 0 N–H and O–H groups in total. The Morgan fingerprint density at radius 2 is 2.22 bits per heavy atom. The molecular formula is C14H22O4. The summed E-state index contributed by atoms with van der Waals surface area (Å²) in [4.78, 5) is 12.0. The summed E-state index contributed by atoms with van der Waals surface area (Å²) in [5.74, 6) is -0.666. The van der Waals surface area contributed by atoms with Gasteiger partial charge in [-0.3, -0.25) is 4.79 Å². The van der Waals surface area contributed by atoms with Gasteiger partial charge in [0.15, 0.2) is 5.79 Å². The minimum atomic E-state index is -0.548. The first-order valence-electron chi connectivity index (χ1n) is 6.58. The van der Waals surface area contributed by atoms with E-state index in [1.807, 2.05) is 20.8 Å². The topological polar surface area (TPSA) is 44.8 Å². The smallest absolute Gasteiger partial charge is 0.309 e. The van der Waals surface area contributed by atoms with Gasteiger partial charge < -0.3 is 14.2 Å². The highest BCUT2D eigenvalue weighted by atomic mass is 16.7. The fourth-order valence-electron chi connectivity index (χ4n) is 2.85. The quantitative estimate of drug-likeness (QED) is 0.572. The van der Waals surface area contributed by atoms with E-state index in [4.69, 9.17) is 14.2 Å². The molecule has 0 radical (unpaired) electrons. The van der Waals surface area contributed by atoms with Crippen molar-refractivity contribution in [2.45, 2.75) is 45.5 Å². The number of esters is 1. The van der Waals surface area contributed by atoms with Crippen LogP contribution >= 0.6 is 0 Å². The lowest BCUT2D eigenvalue weighted by atomic mass is 9.91. The maximum atomic E-state index is 12.0. The molecule has 2 fully saturated rings. The van der Waals surface area contributed by atoms with Crippen LogP contribution < -0.4 is 0 Å². The van der Waals surface area contributed by atoms with Gasteiger partial charge in [0.25, 0.3) is 0 Å². The van der Waals surface area contributed by atoms with E-state index < -0.39 is 5.79 Å². The molecule has 1 aliphatic carbocycles. The molecule has 1 aliphatic heterocycles. The number of carbonyl (C=O) groups is 1. The van der Waals surface area contributed by atoms with Crippen LogP contribution in [0.3, 0.4) is 0 Å². The van der Waals surface area contributed by atoms with Crippen LogP contribution in [-0.2, 0) is 19.0 Å². The molecule has 4 heteroatoms. The highest BCUT2D eigenvalue weighted by Gasteiger charge is 2.46. The first-order chi connectivity index (χ1) is 8.43. The van der Waals surface area contributed by atoms with E-state index in [9.17, 15) is 4.79 Å². The van der Waals surface area contributed by atoms with E-state index in [-0.39, 0.29) is 23.9 Å². The molecule has 102 valence electrons. The molecule has 2 aliphatic rings. The summed E-state index contributed by atoms with van der Waals surface area (Å²) in [6, 6.07) is 0. The molecule has 1 heterocycles. The number of ether oxygens (including phenoxy) is 3. The second-order valence-corrected chi connectivity index (χ2v) is 5.55. The first kappa shape index (κ1) is 13.6. The Hall–Kier alpha value is -0.870. The van der Waals surface area contributed by atoms with E-state index in [1.54, 1.807) is 0 Å². The molecule has 0 aromatic rings. The normalized spacial score (nSPS) is 34.8. The summed E-state index contributed by atoms with van der Waals surface area (Å²) in [7, 11) is 0. The van der Waals surface area contributed by atoms with E-state index in [0.29, 0.717) is 19.6 Å². The minimum Gasteiger partial charge on any atom is -0.466 e. The number of rotatable bonds is 3. The van der Waals surface area contributed by atoms with Crippen molar-refractivity contribution in [1.82, 2.24) is 0 Å². The van der Waals surface area contributed by atoms with Crippen LogP contribution in [0, 0.1) is 11.8 Å². The second kappa shape index (κ2) is 5.02. The maximum absolute atomic E-state index is 12.0. The van der Waals surface area contributed by atoms with Crippen molar-refractivity contribution in [3.8, 4) is 0 Å². The SMILES string of the molecule is C=C1C[C@H]([C@@H]2COC(C)(C)O2)[C@H](C(=O)OCC)C1. The summed E-state index contributed by atoms with van der Waals surface area (Å²) >= 11 is 0. The van der Waals surface area contributed by atoms with Crippen LogP contribution in [0.25, 0.3) is 0 Å². The molecule has 0 aromatic heterocycles. The fraction of sp³-hybridized carbons (Fsp3) is 0.786. The van der Waals surface area contributed by atoms with Crippen molar-refractivity contribution in [2.75, 3.05) is 13.2 Å². The van der Waals surface area contributed by atoms with Crippen LogP contribution in [0.4, 0.5) is 0 Å². The lowest BCUT2D eigenvalue weighted by Crippen LogP contribution is -2.33. The predicted octanol–water partition coefficient (Wildman–Crippen LogP) is 2.28. The average molecular weight is 254 g/mol. The third-order valence-electron chi connectivity index (χ3n) is 3.65. The van der Waals surface area contributed by atoms with Crippen molar-refractivity contribution < 1.29 is 19.0 Å². The van der Waals surface area contributed by atoms with Gasteiger partial charge in [-0.2, -0.15) is 0 Å². The minimum absolute atomic E-state index is 0.0337. The van der Waals surface area contributed by atoms with Gasteiger partial charge in [-0.1, -0.05) is 12.2 Å². The van der Waals surface area contributed by atoms with Crippen LogP contribution in [0.15, 0.2) is 12.2 Å². The van der Waals surface area contributed by atoms with Gasteiger partial charge in [-0.25, -0.2) is 0 Å². The third kappa shape index (κ3) is 2.75. The van der Waals surface area contributed by atoms with Crippen LogP contribution in [0.2, 0.25) is 0 Å². The Morgan fingerprint density at radius 3 is 2.78 bits per heavy atom. The van der Waals surface area contributed by atoms with Crippen molar-refractivity contribution >= 4 is 5.97 Å². The second-order valence-electron chi connectivity index (χ2n) is 5.55. The van der Waals surface area contributed by atoms with Crippen molar-refractivity contribution in [1.29, 1.82) is 0 Å². The first-order valence-corrected chi connectivity index (χ1v) is 6.58. The lowest BCUT2D eigenvalue weighted by Gasteiger charge is -2.24. The number of hydrogen-bond acceptors (Lipinski definition) is 4. The molecule has 4 nitrogen and oxygen atoms in total. The Bertz CT molecular complexity index is 348. The summed E-state index contributed by atoms with van der Waals surface area (Å²) < 4.78 is 16.6. The van der Waals surface area contributed by atoms with E-state index in [2.05, 4.69) is 6.58 Å². The maximum Gasteiger partial charge on any atom is 0.309 e. The van der Waals surface area contributed by atoms with Gasteiger partial charge >= 0.3 is 5.97 Å². The summed E-state index contributed by atoms with van der Waals surface area (Å²) in [6.07, 6.45) is 1.51. The summed E-state index contributed by atoms with van der Waals surface area (Å²) in [5.41, 5.74) is 1.10. The van der Waals surface area contributed by atoms with Gasteiger partial charge in [0.2, 0.25) is 0 Å². The molecule has 1 saturated carbocycles. The van der Waals surface area contributed by atoms with Gasteiger partial charge in [0.05, 0.1) is 25.2 Å². The predicted molar refractivity (Wildman–Crippen MR) is 66.9 cm³/mol. The number of carbonyl (C=O) groups excluding carboxylic acids is 1. The molecule has 2 rings (SSSR count). The Labute approximate surface area is 108 Å². The number of allylic oxidation sites excluding steroid dienone is 1. The highest BCUT2D eigenvalue weighted by molar-refractivity contribution is 5.74. The zero-order valence-corrected chi connectivity index (χ0v) is 11.4. The molecule has 1 saturated heterocycles. The van der Waals surface area contributed by atoms with Gasteiger partial charge in [-0.15, -0.1) is 0 Å². The molecular weight excluding hydrogens is 232 g/mol. The monoisotopic (exact) mass is 254 g/mol. The Balaban J connectivity index is 2.06. The zero-order chi connectivity index (χ0) is 13.3. The molecule has 18 heavy (non-hydrogen) atoms. The Kier molecular flexibility index (Phi) is 3.78. The lowest BCUT2D eigenvalue weighted by molar-refractivity contribution is -0.158. The molecule has 0 unspecified atom stereocenters. The van der Waals surface area contributed by atoms with Crippen molar-refractivity contribution in [3.05, 3.63) is 12.2 Å². The molecule has 3 atom stereocenters. The fourth-order valence-corrected chi connectivity index (χ4v) is 2.85.